The third-order valence-electron chi connectivity index (χ3n) is 3.97. The molecule has 0 amide bonds. The number of halogens is 1. The molecule has 0 fully saturated rings. The molecule has 114 valence electrons. The Morgan fingerprint density at radius 3 is 2.61 bits per heavy atom. The molecule has 0 aliphatic carbocycles. The van der Waals surface area contributed by atoms with Gasteiger partial charge in [-0.05, 0) is 35.2 Å². The first-order valence-corrected chi connectivity index (χ1v) is 8.78. The van der Waals surface area contributed by atoms with Gasteiger partial charge >= 0.3 is 0 Å². The monoisotopic (exact) mass is 338 g/mol. The Morgan fingerprint density at radius 1 is 1.00 bits per heavy atom. The lowest BCUT2D eigenvalue weighted by molar-refractivity contribution is 0.709. The van der Waals surface area contributed by atoms with Crippen LogP contribution >= 0.6 is 22.9 Å². The molecule has 4 rings (SSSR count). The molecule has 0 saturated carbocycles. The number of hydrogen-bond donors (Lipinski definition) is 0. The fourth-order valence-corrected chi connectivity index (χ4v) is 3.80. The van der Waals surface area contributed by atoms with Crippen LogP contribution in [0.4, 0.5) is 5.69 Å². The van der Waals surface area contributed by atoms with Crippen LogP contribution in [0, 0.1) is 0 Å². The van der Waals surface area contributed by atoms with Crippen molar-refractivity contribution in [1.29, 1.82) is 0 Å². The summed E-state index contributed by atoms with van der Waals surface area (Å²) < 4.78 is 0. The Hall–Kier alpha value is -2.10. The summed E-state index contributed by atoms with van der Waals surface area (Å²) in [6.45, 7) is 0. The van der Waals surface area contributed by atoms with Crippen molar-refractivity contribution in [2.45, 2.75) is 12.5 Å². The first-order valence-electron chi connectivity index (χ1n) is 7.52. The third-order valence-corrected chi connectivity index (χ3v) is 5.13. The first kappa shape index (κ1) is 14.5. The third kappa shape index (κ3) is 2.90. The molecule has 2 heterocycles. The molecule has 1 unspecified atom stereocenters. The topological polar surface area (TPSA) is 15.6 Å². The molecule has 0 saturated heterocycles. The molecule has 1 aliphatic rings. The van der Waals surface area contributed by atoms with E-state index < -0.39 is 0 Å². The van der Waals surface area contributed by atoms with Crippen LogP contribution in [0.2, 0.25) is 5.02 Å². The van der Waals surface area contributed by atoms with E-state index in [0.29, 0.717) is 0 Å². The van der Waals surface area contributed by atoms with Gasteiger partial charge in [-0.25, -0.2) is 0 Å². The zero-order chi connectivity index (χ0) is 15.6. The number of hydrazone groups is 1. The zero-order valence-corrected chi connectivity index (χ0v) is 14.0. The van der Waals surface area contributed by atoms with E-state index in [-0.39, 0.29) is 6.04 Å². The van der Waals surface area contributed by atoms with Crippen LogP contribution in [0.25, 0.3) is 0 Å². The van der Waals surface area contributed by atoms with E-state index in [2.05, 4.69) is 52.9 Å². The Morgan fingerprint density at radius 2 is 1.87 bits per heavy atom. The van der Waals surface area contributed by atoms with Crippen molar-refractivity contribution in [2.75, 3.05) is 5.01 Å². The number of nitrogens with zero attached hydrogens (tertiary/aromatic N) is 2. The molecule has 2 aromatic carbocycles. The molecule has 1 aromatic heterocycles. The lowest BCUT2D eigenvalue weighted by Crippen LogP contribution is -2.18. The fraction of sp³-hybridized carbons (Fsp3) is 0.105. The van der Waals surface area contributed by atoms with Gasteiger partial charge in [0, 0.05) is 11.4 Å². The lowest BCUT2D eigenvalue weighted by atomic mass is 10.0. The molecule has 4 heteroatoms. The second-order valence-electron chi connectivity index (χ2n) is 5.48. The van der Waals surface area contributed by atoms with Gasteiger partial charge in [-0.1, -0.05) is 54.1 Å². The quantitative estimate of drug-likeness (QED) is 0.593. The first-order chi connectivity index (χ1) is 11.3. The molecule has 2 nitrogen and oxygen atoms in total. The summed E-state index contributed by atoms with van der Waals surface area (Å²) in [5, 5.41) is 9.82. The number of hydrogen-bond acceptors (Lipinski definition) is 3. The smallest absolute Gasteiger partial charge is 0.0832 e. The average molecular weight is 339 g/mol. The highest BCUT2D eigenvalue weighted by molar-refractivity contribution is 7.12. The predicted molar refractivity (Wildman–Crippen MR) is 98.6 cm³/mol. The highest BCUT2D eigenvalue weighted by Crippen LogP contribution is 2.37. The van der Waals surface area contributed by atoms with Crippen LogP contribution in [0.15, 0.2) is 77.2 Å². The van der Waals surface area contributed by atoms with Gasteiger partial charge in [-0.2, -0.15) is 5.10 Å². The Balaban J connectivity index is 1.77. The van der Waals surface area contributed by atoms with Gasteiger partial charge in [0.05, 0.1) is 22.3 Å². The Bertz CT molecular complexity index is 828. The van der Waals surface area contributed by atoms with E-state index in [1.165, 1.54) is 10.4 Å². The van der Waals surface area contributed by atoms with Crippen LogP contribution < -0.4 is 5.01 Å². The van der Waals surface area contributed by atoms with Gasteiger partial charge in [0.15, 0.2) is 0 Å². The van der Waals surface area contributed by atoms with Gasteiger partial charge < -0.3 is 0 Å². The predicted octanol–water partition coefficient (Wildman–Crippen LogP) is 5.76. The van der Waals surface area contributed by atoms with E-state index in [1.54, 1.807) is 11.3 Å². The second kappa shape index (κ2) is 6.19. The van der Waals surface area contributed by atoms with Gasteiger partial charge in [-0.3, -0.25) is 5.01 Å². The molecule has 23 heavy (non-hydrogen) atoms. The standard InChI is InChI=1S/C19H15ClN2S/c20-15-8-4-9-16(12-15)22-18(14-6-2-1-3-7-14)13-17(21-22)19-10-5-11-23-19/h1-12,18H,13H2. The van der Waals surface area contributed by atoms with Crippen LogP contribution in [-0.2, 0) is 0 Å². The maximum absolute atomic E-state index is 6.18. The van der Waals surface area contributed by atoms with Crippen molar-refractivity contribution in [2.24, 2.45) is 5.10 Å². The largest absolute Gasteiger partial charge is 0.257 e. The Labute approximate surface area is 144 Å². The highest BCUT2D eigenvalue weighted by Gasteiger charge is 2.30. The Kier molecular flexibility index (Phi) is 3.90. The maximum Gasteiger partial charge on any atom is 0.0832 e. The molecule has 1 atom stereocenters. The number of rotatable bonds is 3. The van der Waals surface area contributed by atoms with E-state index >= 15 is 0 Å². The van der Waals surface area contributed by atoms with Crippen LogP contribution in [-0.4, -0.2) is 5.71 Å². The molecular weight excluding hydrogens is 324 g/mol. The van der Waals surface area contributed by atoms with Crippen molar-refractivity contribution < 1.29 is 0 Å². The van der Waals surface area contributed by atoms with E-state index in [1.807, 2.05) is 24.3 Å². The molecule has 3 aromatic rings. The van der Waals surface area contributed by atoms with Crippen LogP contribution in [0.5, 0.6) is 0 Å². The minimum absolute atomic E-state index is 0.201. The van der Waals surface area contributed by atoms with E-state index in [4.69, 9.17) is 16.7 Å². The molecular formula is C19H15ClN2S. The number of anilines is 1. The van der Waals surface area contributed by atoms with Crippen LogP contribution in [0.3, 0.4) is 0 Å². The van der Waals surface area contributed by atoms with Gasteiger partial charge in [0.1, 0.15) is 0 Å². The molecule has 0 bridgehead atoms. The number of thiophene rings is 1. The van der Waals surface area contributed by atoms with Crippen LogP contribution in [0.1, 0.15) is 22.9 Å². The molecule has 1 aliphatic heterocycles. The van der Waals surface area contributed by atoms with E-state index in [9.17, 15) is 0 Å². The zero-order valence-electron chi connectivity index (χ0n) is 12.4. The summed E-state index contributed by atoms with van der Waals surface area (Å²) in [5.41, 5.74) is 3.43. The highest BCUT2D eigenvalue weighted by atomic mass is 35.5. The summed E-state index contributed by atoms with van der Waals surface area (Å²) in [6, 6.07) is 22.8. The van der Waals surface area contributed by atoms with Crippen molar-refractivity contribution >= 4 is 34.3 Å². The summed E-state index contributed by atoms with van der Waals surface area (Å²) in [5.74, 6) is 0. The molecule has 0 spiro atoms. The van der Waals surface area contributed by atoms with E-state index in [0.717, 1.165) is 22.8 Å². The SMILES string of the molecule is Clc1cccc(N2N=C(c3cccs3)CC2c2ccccc2)c1. The summed E-state index contributed by atoms with van der Waals surface area (Å²) >= 11 is 7.91. The second-order valence-corrected chi connectivity index (χ2v) is 6.86. The lowest BCUT2D eigenvalue weighted by Gasteiger charge is -2.24. The van der Waals surface area contributed by atoms with Gasteiger partial charge in [0.2, 0.25) is 0 Å². The van der Waals surface area contributed by atoms with Crippen molar-refractivity contribution in [3.8, 4) is 0 Å². The summed E-state index contributed by atoms with van der Waals surface area (Å²) in [4.78, 5) is 1.23. The van der Waals surface area contributed by atoms with Gasteiger partial charge in [-0.15, -0.1) is 11.3 Å². The van der Waals surface area contributed by atoms with Gasteiger partial charge in [0.25, 0.3) is 0 Å². The van der Waals surface area contributed by atoms with Crippen molar-refractivity contribution in [3.05, 3.63) is 87.6 Å². The average Bonchev–Trinajstić information content (AvgIpc) is 3.25. The summed E-state index contributed by atoms with van der Waals surface area (Å²) in [7, 11) is 0. The number of benzene rings is 2. The minimum atomic E-state index is 0.201. The van der Waals surface area contributed by atoms with Crippen molar-refractivity contribution in [1.82, 2.24) is 0 Å². The summed E-state index contributed by atoms with van der Waals surface area (Å²) in [6.07, 6.45) is 0.900. The normalized spacial score (nSPS) is 17.3. The minimum Gasteiger partial charge on any atom is -0.257 e. The maximum atomic E-state index is 6.18. The fourth-order valence-electron chi connectivity index (χ4n) is 2.89. The van der Waals surface area contributed by atoms with Crippen molar-refractivity contribution in [3.63, 3.8) is 0 Å². The molecule has 0 radical (unpaired) electrons. The molecule has 0 N–H and O–H groups in total.